The normalized spacial score (nSPS) is 28.3. The molecule has 86 valence electrons. The predicted octanol–water partition coefficient (Wildman–Crippen LogP) is 3.05. The Bertz CT molecular complexity index is 227. The smallest absolute Gasteiger partial charge is 0.217 e. The summed E-state index contributed by atoms with van der Waals surface area (Å²) in [6.45, 7) is 18.0. The average Bonchev–Trinajstić information content (AvgIpc) is 2.17. The highest BCUT2D eigenvalue weighted by Gasteiger charge is 2.32. The quantitative estimate of drug-likeness (QED) is 0.647. The van der Waals surface area contributed by atoms with Crippen LogP contribution in [0.15, 0.2) is 0 Å². The summed E-state index contributed by atoms with van der Waals surface area (Å²) in [5.74, 6) is 1.35. The van der Waals surface area contributed by atoms with Gasteiger partial charge in [0.2, 0.25) is 6.54 Å². The molecule has 1 saturated heterocycles. The number of piperidine rings is 1. The molecule has 1 fully saturated rings. The molecule has 0 N–H and O–H groups in total. The summed E-state index contributed by atoms with van der Waals surface area (Å²) in [6.07, 6.45) is 2.43. The van der Waals surface area contributed by atoms with Crippen molar-refractivity contribution < 1.29 is 0 Å². The maximum absolute atomic E-state index is 6.96. The second kappa shape index (κ2) is 5.51. The van der Waals surface area contributed by atoms with Crippen LogP contribution in [-0.4, -0.2) is 30.1 Å². The summed E-state index contributed by atoms with van der Waals surface area (Å²) < 4.78 is 0. The van der Waals surface area contributed by atoms with Gasteiger partial charge in [-0.25, -0.2) is 6.57 Å². The molecule has 0 aromatic carbocycles. The predicted molar refractivity (Wildman–Crippen MR) is 64.7 cm³/mol. The largest absolute Gasteiger partial charge is 0.317 e. The third-order valence-corrected chi connectivity index (χ3v) is 3.58. The highest BCUT2D eigenvalue weighted by atomic mass is 15.2. The fraction of sp³-hybridized carbons (Fsp3) is 0.923. The fourth-order valence-corrected chi connectivity index (χ4v) is 2.68. The van der Waals surface area contributed by atoms with E-state index in [2.05, 4.69) is 37.4 Å². The van der Waals surface area contributed by atoms with Crippen LogP contribution in [0.1, 0.15) is 40.5 Å². The number of likely N-dealkylation sites (tertiary alicyclic amines) is 1. The first-order chi connectivity index (χ1) is 7.06. The summed E-state index contributed by atoms with van der Waals surface area (Å²) >= 11 is 0. The molecule has 2 atom stereocenters. The second-order valence-corrected chi connectivity index (χ2v) is 5.37. The second-order valence-electron chi connectivity index (χ2n) is 5.37. The summed E-state index contributed by atoms with van der Waals surface area (Å²) in [4.78, 5) is 6.17. The highest BCUT2D eigenvalue weighted by Crippen LogP contribution is 2.29. The highest BCUT2D eigenvalue weighted by molar-refractivity contribution is 4.87. The van der Waals surface area contributed by atoms with Crippen molar-refractivity contribution in [2.75, 3.05) is 13.1 Å². The first-order valence-electron chi connectivity index (χ1n) is 6.15. The van der Waals surface area contributed by atoms with Crippen molar-refractivity contribution in [2.45, 2.75) is 52.6 Å². The van der Waals surface area contributed by atoms with E-state index in [1.165, 1.54) is 19.4 Å². The molecule has 0 radical (unpaired) electrons. The molecule has 0 spiro atoms. The van der Waals surface area contributed by atoms with Crippen molar-refractivity contribution in [1.29, 1.82) is 0 Å². The van der Waals surface area contributed by atoms with Crippen LogP contribution in [0, 0.1) is 18.4 Å². The van der Waals surface area contributed by atoms with Crippen LogP contribution >= 0.6 is 0 Å². The van der Waals surface area contributed by atoms with Gasteiger partial charge in [0.1, 0.15) is 0 Å². The van der Waals surface area contributed by atoms with Gasteiger partial charge in [-0.2, -0.15) is 0 Å². The van der Waals surface area contributed by atoms with E-state index in [1.807, 2.05) is 0 Å². The molecule has 1 aliphatic heterocycles. The van der Waals surface area contributed by atoms with Crippen LogP contribution in [0.5, 0.6) is 0 Å². The van der Waals surface area contributed by atoms with Gasteiger partial charge in [-0.3, -0.25) is 4.90 Å². The third kappa shape index (κ3) is 3.21. The Morgan fingerprint density at radius 3 is 2.47 bits per heavy atom. The van der Waals surface area contributed by atoms with Crippen molar-refractivity contribution in [3.8, 4) is 0 Å². The van der Waals surface area contributed by atoms with Crippen molar-refractivity contribution in [2.24, 2.45) is 11.8 Å². The molecule has 0 amide bonds. The van der Waals surface area contributed by atoms with Gasteiger partial charge >= 0.3 is 0 Å². The summed E-state index contributed by atoms with van der Waals surface area (Å²) in [5, 5.41) is 0. The molecule has 1 rings (SSSR count). The van der Waals surface area contributed by atoms with Crippen molar-refractivity contribution in [3.63, 3.8) is 0 Å². The average molecular weight is 208 g/mol. The lowest BCUT2D eigenvalue weighted by Gasteiger charge is -2.43. The molecule has 0 bridgehead atoms. The van der Waals surface area contributed by atoms with Gasteiger partial charge in [0, 0.05) is 18.0 Å². The van der Waals surface area contributed by atoms with Gasteiger partial charge in [-0.1, -0.05) is 13.8 Å². The molecule has 0 aromatic heterocycles. The molecule has 0 aliphatic carbocycles. The van der Waals surface area contributed by atoms with E-state index in [0.717, 1.165) is 6.54 Å². The van der Waals surface area contributed by atoms with Crippen molar-refractivity contribution in [3.05, 3.63) is 11.4 Å². The van der Waals surface area contributed by atoms with Gasteiger partial charge < -0.3 is 4.85 Å². The fourth-order valence-electron chi connectivity index (χ4n) is 2.68. The van der Waals surface area contributed by atoms with Crippen LogP contribution < -0.4 is 0 Å². The number of hydrogen-bond donors (Lipinski definition) is 0. The van der Waals surface area contributed by atoms with Gasteiger partial charge in [0.25, 0.3) is 0 Å². The lowest BCUT2D eigenvalue weighted by atomic mass is 9.84. The Hall–Kier alpha value is -0.550. The number of rotatable bonds is 3. The molecule has 0 aromatic rings. The molecule has 1 aliphatic rings. The zero-order valence-electron chi connectivity index (χ0n) is 10.5. The van der Waals surface area contributed by atoms with E-state index < -0.39 is 0 Å². The molecule has 15 heavy (non-hydrogen) atoms. The Morgan fingerprint density at radius 2 is 2.00 bits per heavy atom. The number of nitrogens with zero attached hydrogens (tertiary/aromatic N) is 2. The van der Waals surface area contributed by atoms with Gasteiger partial charge in [0.05, 0.1) is 0 Å². The van der Waals surface area contributed by atoms with Gasteiger partial charge in [-0.05, 0) is 39.2 Å². The molecular formula is C13H24N2. The molecule has 0 saturated carbocycles. The Kier molecular flexibility index (Phi) is 4.60. The molecule has 2 nitrogen and oxygen atoms in total. The minimum atomic E-state index is 0.643. The molecule has 2 heteroatoms. The minimum Gasteiger partial charge on any atom is -0.317 e. The van der Waals surface area contributed by atoms with Crippen molar-refractivity contribution in [1.82, 2.24) is 4.90 Å². The lowest BCUT2D eigenvalue weighted by Crippen LogP contribution is -2.49. The van der Waals surface area contributed by atoms with E-state index in [9.17, 15) is 0 Å². The maximum Gasteiger partial charge on any atom is 0.217 e. The monoisotopic (exact) mass is 208 g/mol. The van der Waals surface area contributed by atoms with E-state index >= 15 is 0 Å². The van der Waals surface area contributed by atoms with Crippen LogP contribution in [0.4, 0.5) is 0 Å². The maximum atomic E-state index is 6.96. The molecule has 2 unspecified atom stereocenters. The molecular weight excluding hydrogens is 184 g/mol. The standard InChI is InChI=1S/C13H24N2/c1-10(2)13-8-12(9-14-5)6-7-15(13)11(3)4/h10-13H,6-9H2,1-4H3. The third-order valence-electron chi connectivity index (χ3n) is 3.58. The lowest BCUT2D eigenvalue weighted by molar-refractivity contribution is 0.0575. The van der Waals surface area contributed by atoms with Crippen LogP contribution in [0.3, 0.4) is 0 Å². The topological polar surface area (TPSA) is 7.60 Å². The summed E-state index contributed by atoms with van der Waals surface area (Å²) in [7, 11) is 0. The SMILES string of the molecule is [C-]#[N+]CC1CCN(C(C)C)C(C(C)C)C1. The summed E-state index contributed by atoms with van der Waals surface area (Å²) in [5.41, 5.74) is 0. The van der Waals surface area contributed by atoms with E-state index in [4.69, 9.17) is 6.57 Å². The van der Waals surface area contributed by atoms with Crippen LogP contribution in [0.2, 0.25) is 0 Å². The molecule has 1 heterocycles. The summed E-state index contributed by atoms with van der Waals surface area (Å²) in [6, 6.07) is 1.33. The first-order valence-corrected chi connectivity index (χ1v) is 6.15. The van der Waals surface area contributed by atoms with E-state index in [-0.39, 0.29) is 0 Å². The van der Waals surface area contributed by atoms with Gasteiger partial charge in [-0.15, -0.1) is 0 Å². The first kappa shape index (κ1) is 12.5. The Labute approximate surface area is 94.5 Å². The van der Waals surface area contributed by atoms with E-state index in [1.54, 1.807) is 0 Å². The van der Waals surface area contributed by atoms with Crippen LogP contribution in [0.25, 0.3) is 4.85 Å². The Morgan fingerprint density at radius 1 is 1.33 bits per heavy atom. The van der Waals surface area contributed by atoms with E-state index in [0.29, 0.717) is 23.9 Å². The number of hydrogen-bond acceptors (Lipinski definition) is 1. The van der Waals surface area contributed by atoms with Gasteiger partial charge in [0.15, 0.2) is 0 Å². The zero-order valence-corrected chi connectivity index (χ0v) is 10.5. The zero-order chi connectivity index (χ0) is 11.4. The van der Waals surface area contributed by atoms with Crippen molar-refractivity contribution >= 4 is 0 Å². The minimum absolute atomic E-state index is 0.643. The Balaban J connectivity index is 2.62. The van der Waals surface area contributed by atoms with Crippen LogP contribution in [-0.2, 0) is 0 Å².